The Morgan fingerprint density at radius 1 is 1.18 bits per heavy atom. The lowest BCUT2D eigenvalue weighted by atomic mass is 10.1. The number of nitrogens with one attached hydrogen (secondary N) is 1. The molecule has 0 aromatic heterocycles. The number of rotatable bonds is 7. The van der Waals surface area contributed by atoms with Crippen LogP contribution in [0.2, 0.25) is 0 Å². The number of carbonyl (C=O) groups excluding carboxylic acids is 3. The van der Waals surface area contributed by atoms with Gasteiger partial charge in [0.15, 0.2) is 0 Å². The van der Waals surface area contributed by atoms with Crippen molar-refractivity contribution < 1.29 is 23.5 Å². The molecule has 1 N–H and O–H groups in total. The van der Waals surface area contributed by atoms with Crippen LogP contribution in [0.15, 0.2) is 48.5 Å². The molecule has 0 saturated carbocycles. The van der Waals surface area contributed by atoms with Gasteiger partial charge in [-0.05, 0) is 49.2 Å². The van der Waals surface area contributed by atoms with Crippen LogP contribution >= 0.6 is 0 Å². The Morgan fingerprint density at radius 2 is 1.89 bits per heavy atom. The van der Waals surface area contributed by atoms with E-state index >= 15 is 0 Å². The third-order valence-electron chi connectivity index (χ3n) is 4.53. The lowest BCUT2D eigenvalue weighted by molar-refractivity contribution is -0.121. The third-order valence-corrected chi connectivity index (χ3v) is 4.53. The summed E-state index contributed by atoms with van der Waals surface area (Å²) in [5.41, 5.74) is 1.31. The third kappa shape index (κ3) is 4.26. The number of imide groups is 1. The highest BCUT2D eigenvalue weighted by Gasteiger charge is 2.39. The fourth-order valence-corrected chi connectivity index (χ4v) is 3.11. The molecule has 0 spiro atoms. The molecule has 0 radical (unpaired) electrons. The minimum Gasteiger partial charge on any atom is -0.462 e. The van der Waals surface area contributed by atoms with Crippen molar-refractivity contribution in [3.63, 3.8) is 0 Å². The summed E-state index contributed by atoms with van der Waals surface area (Å²) in [5.74, 6) is -1.43. The van der Waals surface area contributed by atoms with Gasteiger partial charge in [0.25, 0.3) is 5.91 Å². The zero-order valence-electron chi connectivity index (χ0n) is 15.5. The maximum Gasteiger partial charge on any atom is 0.338 e. The normalized spacial score (nSPS) is 16.5. The van der Waals surface area contributed by atoms with Crippen molar-refractivity contribution in [1.82, 2.24) is 5.32 Å². The summed E-state index contributed by atoms with van der Waals surface area (Å²) in [7, 11) is 0. The first-order valence-electron chi connectivity index (χ1n) is 9.12. The van der Waals surface area contributed by atoms with Crippen LogP contribution in [0.25, 0.3) is 0 Å². The molecule has 0 bridgehead atoms. The van der Waals surface area contributed by atoms with E-state index in [1.165, 1.54) is 18.2 Å². The van der Waals surface area contributed by atoms with E-state index in [9.17, 15) is 18.8 Å². The molecule has 1 fully saturated rings. The molecule has 0 unspecified atom stereocenters. The molecule has 28 heavy (non-hydrogen) atoms. The highest BCUT2D eigenvalue weighted by Crippen LogP contribution is 2.23. The molecule has 1 saturated heterocycles. The molecule has 1 atom stereocenters. The first-order chi connectivity index (χ1) is 13.5. The largest absolute Gasteiger partial charge is 0.462 e. The topological polar surface area (TPSA) is 75.7 Å². The van der Waals surface area contributed by atoms with Crippen molar-refractivity contribution in [3.8, 4) is 0 Å². The monoisotopic (exact) mass is 384 g/mol. The van der Waals surface area contributed by atoms with Gasteiger partial charge in [-0.3, -0.25) is 9.59 Å². The lowest BCUT2D eigenvalue weighted by Crippen LogP contribution is -2.39. The predicted octanol–water partition coefficient (Wildman–Crippen LogP) is 2.47. The number of anilines is 1. The molecule has 2 aromatic carbocycles. The molecule has 7 heteroatoms. The van der Waals surface area contributed by atoms with Crippen LogP contribution in [0.1, 0.15) is 29.3 Å². The Morgan fingerprint density at radius 3 is 2.57 bits per heavy atom. The maximum atomic E-state index is 13.7. The summed E-state index contributed by atoms with van der Waals surface area (Å²) >= 11 is 0. The van der Waals surface area contributed by atoms with E-state index in [2.05, 4.69) is 5.32 Å². The molecule has 6 nitrogen and oxygen atoms in total. The highest BCUT2D eigenvalue weighted by atomic mass is 19.1. The van der Waals surface area contributed by atoms with Gasteiger partial charge < -0.3 is 10.1 Å². The lowest BCUT2D eigenvalue weighted by Gasteiger charge is -2.16. The van der Waals surface area contributed by atoms with Crippen molar-refractivity contribution in [2.45, 2.75) is 25.8 Å². The van der Waals surface area contributed by atoms with Crippen LogP contribution in [-0.4, -0.2) is 37.0 Å². The number of halogens is 1. The molecule has 146 valence electrons. The standard InChI is InChI=1S/C21H21FN2O4/c1-2-28-21(27)15-7-9-16(10-8-15)24-19(25)13-18(20(24)26)23-12-11-14-5-3-4-6-17(14)22/h3-10,18,23H,2,11-13H2,1H3/t18-/m1/s1. The van der Waals surface area contributed by atoms with Gasteiger partial charge in [-0.15, -0.1) is 0 Å². The second-order valence-corrected chi connectivity index (χ2v) is 6.39. The minimum absolute atomic E-state index is 0.0374. The molecule has 2 amide bonds. The van der Waals surface area contributed by atoms with Crippen molar-refractivity contribution in [1.29, 1.82) is 0 Å². The van der Waals surface area contributed by atoms with Gasteiger partial charge in [-0.25, -0.2) is 14.1 Å². The van der Waals surface area contributed by atoms with Gasteiger partial charge in [0.05, 0.1) is 30.3 Å². The molecule has 0 aliphatic carbocycles. The van der Waals surface area contributed by atoms with Crippen LogP contribution in [0.4, 0.5) is 10.1 Å². The quantitative estimate of drug-likeness (QED) is 0.586. The number of benzene rings is 2. The molecule has 3 rings (SSSR count). The number of amides is 2. The zero-order valence-corrected chi connectivity index (χ0v) is 15.5. The first kappa shape index (κ1) is 19.7. The average molecular weight is 384 g/mol. The highest BCUT2D eigenvalue weighted by molar-refractivity contribution is 6.22. The van der Waals surface area contributed by atoms with Crippen molar-refractivity contribution in [2.75, 3.05) is 18.1 Å². The summed E-state index contributed by atoms with van der Waals surface area (Å²) in [6, 6.07) is 11.9. The van der Waals surface area contributed by atoms with E-state index < -0.39 is 12.0 Å². The van der Waals surface area contributed by atoms with Gasteiger partial charge in [0.1, 0.15) is 5.82 Å². The number of carbonyl (C=O) groups is 3. The van der Waals surface area contributed by atoms with Crippen molar-refractivity contribution in [2.24, 2.45) is 0 Å². The van der Waals surface area contributed by atoms with Crippen LogP contribution in [0, 0.1) is 5.82 Å². The minimum atomic E-state index is -0.649. The second-order valence-electron chi connectivity index (χ2n) is 6.39. The summed E-state index contributed by atoms with van der Waals surface area (Å²) in [5, 5.41) is 3.03. The van der Waals surface area contributed by atoms with E-state index in [0.717, 1.165) is 4.90 Å². The molecular weight excluding hydrogens is 363 g/mol. The predicted molar refractivity (Wildman–Crippen MR) is 101 cm³/mol. The Kier molecular flexibility index (Phi) is 6.16. The van der Waals surface area contributed by atoms with Gasteiger partial charge in [0.2, 0.25) is 5.91 Å². The van der Waals surface area contributed by atoms with E-state index in [1.807, 2.05) is 0 Å². The van der Waals surface area contributed by atoms with Crippen molar-refractivity contribution in [3.05, 3.63) is 65.5 Å². The summed E-state index contributed by atoms with van der Waals surface area (Å²) in [4.78, 5) is 37.8. The average Bonchev–Trinajstić information content (AvgIpc) is 2.97. The van der Waals surface area contributed by atoms with E-state index in [1.54, 1.807) is 37.3 Å². The van der Waals surface area contributed by atoms with Gasteiger partial charge in [0, 0.05) is 6.54 Å². The number of hydrogen-bond donors (Lipinski definition) is 1. The first-order valence-corrected chi connectivity index (χ1v) is 9.12. The second kappa shape index (κ2) is 8.75. The molecular formula is C21H21FN2O4. The Bertz CT molecular complexity index is 882. The van der Waals surface area contributed by atoms with E-state index in [-0.39, 0.29) is 30.7 Å². The van der Waals surface area contributed by atoms with E-state index in [4.69, 9.17) is 4.74 Å². The van der Waals surface area contributed by atoms with Crippen molar-refractivity contribution >= 4 is 23.5 Å². The molecule has 2 aromatic rings. The van der Waals surface area contributed by atoms with Gasteiger partial charge in [-0.1, -0.05) is 18.2 Å². The smallest absolute Gasteiger partial charge is 0.338 e. The molecule has 1 aliphatic rings. The van der Waals surface area contributed by atoms with Gasteiger partial charge in [-0.2, -0.15) is 0 Å². The number of nitrogens with zero attached hydrogens (tertiary/aromatic N) is 1. The number of esters is 1. The Hall–Kier alpha value is -3.06. The number of hydrogen-bond acceptors (Lipinski definition) is 5. The van der Waals surface area contributed by atoms with Crippen LogP contribution in [0.3, 0.4) is 0 Å². The summed E-state index contributed by atoms with van der Waals surface area (Å²) in [6.45, 7) is 2.36. The maximum absolute atomic E-state index is 13.7. The fraction of sp³-hybridized carbons (Fsp3) is 0.286. The van der Waals surface area contributed by atoms with Gasteiger partial charge >= 0.3 is 5.97 Å². The van der Waals surface area contributed by atoms with Crippen LogP contribution < -0.4 is 10.2 Å². The molecule has 1 aliphatic heterocycles. The summed E-state index contributed by atoms with van der Waals surface area (Å²) < 4.78 is 18.6. The zero-order chi connectivity index (χ0) is 20.1. The van der Waals surface area contributed by atoms with E-state index in [0.29, 0.717) is 29.8 Å². The van der Waals surface area contributed by atoms with Crippen LogP contribution in [0.5, 0.6) is 0 Å². The number of ether oxygens (including phenoxy) is 1. The van der Waals surface area contributed by atoms with Crippen LogP contribution in [-0.2, 0) is 20.7 Å². The fourth-order valence-electron chi connectivity index (χ4n) is 3.11. The Labute approximate surface area is 162 Å². The molecule has 1 heterocycles. The Balaban J connectivity index is 1.61. The summed E-state index contributed by atoms with van der Waals surface area (Å²) in [6.07, 6.45) is 0.453. The SMILES string of the molecule is CCOC(=O)c1ccc(N2C(=O)C[C@@H](NCCc3ccccc3F)C2=O)cc1.